The molecule has 26 heavy (non-hydrogen) atoms. The molecular weight excluding hydrogens is 370 g/mol. The molecule has 0 aliphatic carbocycles. The molecule has 1 N–H and O–H groups in total. The van der Waals surface area contributed by atoms with Crippen molar-refractivity contribution in [3.63, 3.8) is 0 Å². The Hall–Kier alpha value is -1.51. The zero-order valence-corrected chi connectivity index (χ0v) is 16.7. The van der Waals surface area contributed by atoms with Crippen LogP contribution in [-0.4, -0.2) is 16.8 Å². The van der Waals surface area contributed by atoms with E-state index in [1.54, 1.807) is 0 Å². The Balaban J connectivity index is 0. The number of nitrogens with one attached hydrogen (secondary N) is 1. The van der Waals surface area contributed by atoms with E-state index in [0.29, 0.717) is 0 Å². The Kier molecular flexibility index (Phi) is 15.0. The monoisotopic (exact) mass is 400 g/mol. The van der Waals surface area contributed by atoms with Crippen LogP contribution in [0, 0.1) is 0 Å². The van der Waals surface area contributed by atoms with Crippen molar-refractivity contribution in [2.45, 2.75) is 52.5 Å². The third kappa shape index (κ3) is 16.0. The topological polar surface area (TPSA) is 28.5 Å². The maximum Gasteiger partial charge on any atom is 0.673 e. The summed E-state index contributed by atoms with van der Waals surface area (Å²) in [5.74, 6) is 1.32. The van der Waals surface area contributed by atoms with Crippen molar-refractivity contribution in [2.24, 2.45) is 14.1 Å². The first-order chi connectivity index (χ1) is 11.7. The van der Waals surface area contributed by atoms with E-state index in [4.69, 9.17) is 0 Å². The number of aromatic amines is 1. The van der Waals surface area contributed by atoms with Crippen molar-refractivity contribution in [1.29, 1.82) is 0 Å². The van der Waals surface area contributed by atoms with E-state index in [0.717, 1.165) is 6.54 Å². The molecule has 0 spiro atoms. The number of hydrogen-bond donors (Lipinski definition) is 1. The minimum atomic E-state index is -6.00. The second-order valence-corrected chi connectivity index (χ2v) is 5.79. The van der Waals surface area contributed by atoms with Crippen LogP contribution in [0.5, 0.6) is 0 Å². The summed E-state index contributed by atoms with van der Waals surface area (Å²) in [7, 11) is -1.88. The van der Waals surface area contributed by atoms with Crippen molar-refractivity contribution in [3.05, 3.63) is 36.9 Å². The summed E-state index contributed by atoms with van der Waals surface area (Å²) < 4.78 is 45.4. The number of aryl methyl sites for hydroxylation is 4. The van der Waals surface area contributed by atoms with Gasteiger partial charge < -0.3 is 29.7 Å². The summed E-state index contributed by atoms with van der Waals surface area (Å²) in [4.78, 5) is 3.20. The quantitative estimate of drug-likeness (QED) is 0.418. The fourth-order valence-electron chi connectivity index (χ4n) is 2.00. The third-order valence-corrected chi connectivity index (χ3v) is 3.33. The lowest BCUT2D eigenvalue weighted by Gasteiger charge is -1.94. The summed E-state index contributed by atoms with van der Waals surface area (Å²) in [6.45, 7) is 5.57. The van der Waals surface area contributed by atoms with Gasteiger partial charge in [-0.25, -0.2) is 18.7 Å². The summed E-state index contributed by atoms with van der Waals surface area (Å²) >= 11 is 0. The number of H-pyrrole nitrogens is 1. The fraction of sp³-hybridized carbons (Fsp3) is 0.625. The van der Waals surface area contributed by atoms with E-state index in [9.17, 15) is 17.3 Å². The number of imidazole rings is 2. The molecule has 0 radical (unpaired) electrons. The minimum Gasteiger partial charge on any atom is -1.00 e. The van der Waals surface area contributed by atoms with Gasteiger partial charge in [0, 0.05) is 6.42 Å². The summed E-state index contributed by atoms with van der Waals surface area (Å²) in [6, 6.07) is 0. The van der Waals surface area contributed by atoms with Gasteiger partial charge in [-0.05, 0) is 12.8 Å². The van der Waals surface area contributed by atoms with Crippen LogP contribution in [0.25, 0.3) is 0 Å². The lowest BCUT2D eigenvalue weighted by Crippen LogP contribution is -3.00. The lowest BCUT2D eigenvalue weighted by atomic mass is 10.2. The van der Waals surface area contributed by atoms with E-state index >= 15 is 0 Å². The van der Waals surface area contributed by atoms with Crippen LogP contribution >= 0.6 is 0 Å². The van der Waals surface area contributed by atoms with Crippen LogP contribution in [0.2, 0.25) is 0 Å². The van der Waals surface area contributed by atoms with Gasteiger partial charge in [0.1, 0.15) is 24.8 Å². The summed E-state index contributed by atoms with van der Waals surface area (Å²) in [5.41, 5.74) is 0. The van der Waals surface area contributed by atoms with Crippen LogP contribution in [-0.2, 0) is 27.1 Å². The van der Waals surface area contributed by atoms with Crippen molar-refractivity contribution in [1.82, 2.24) is 9.55 Å². The Morgan fingerprint density at radius 3 is 2.00 bits per heavy atom. The van der Waals surface area contributed by atoms with Crippen molar-refractivity contribution in [2.75, 3.05) is 0 Å². The van der Waals surface area contributed by atoms with E-state index < -0.39 is 7.25 Å². The van der Waals surface area contributed by atoms with E-state index in [1.807, 2.05) is 19.4 Å². The highest BCUT2D eigenvalue weighted by Crippen LogP contribution is 2.06. The van der Waals surface area contributed by atoms with Gasteiger partial charge in [-0.15, -0.1) is 0 Å². The van der Waals surface area contributed by atoms with Crippen LogP contribution in [0.15, 0.2) is 31.1 Å². The average molecular weight is 401 g/mol. The standard InChI is InChI=1S/C8H15N2.C8H14N2.BF4.ClH/c1-3-4-5-10-7-6-9(2)8-10;1-3-4-5-8-9-6-7-10(8)2;2-1(3,4)5;/h6-8H,3-5H2,1-2H3;6-7H,3-5H2,1-2H3;;1H/q+1;;-1;. The number of rotatable bonds is 6. The van der Waals surface area contributed by atoms with Gasteiger partial charge in [0.2, 0.25) is 6.33 Å². The second kappa shape index (κ2) is 14.6. The summed E-state index contributed by atoms with van der Waals surface area (Å²) in [5, 5.41) is 0. The second-order valence-electron chi connectivity index (χ2n) is 5.79. The van der Waals surface area contributed by atoms with Gasteiger partial charge in [-0.3, -0.25) is 0 Å². The molecule has 0 fully saturated rings. The van der Waals surface area contributed by atoms with Gasteiger partial charge in [0.05, 0.1) is 20.6 Å². The molecular formula is C16H30BClF4N4. The number of unbranched alkanes of at least 4 members (excludes halogenated alkanes) is 2. The molecule has 2 heterocycles. The molecule has 2 aromatic heterocycles. The normalized spacial score (nSPS) is 10.2. The molecule has 0 aliphatic heterocycles. The molecule has 10 heteroatoms. The average Bonchev–Trinajstić information content (AvgIpc) is 3.10. The van der Waals surface area contributed by atoms with E-state index in [1.165, 1.54) is 37.9 Å². The van der Waals surface area contributed by atoms with Crippen LogP contribution in [0.3, 0.4) is 0 Å². The molecule has 0 aromatic carbocycles. The van der Waals surface area contributed by atoms with Gasteiger partial charge in [0.25, 0.3) is 5.82 Å². The minimum absolute atomic E-state index is 0. The first kappa shape index (κ1) is 26.7. The highest BCUT2D eigenvalue weighted by atomic mass is 35.5. The molecule has 0 unspecified atom stereocenters. The van der Waals surface area contributed by atoms with Crippen LogP contribution in [0.4, 0.5) is 17.3 Å². The summed E-state index contributed by atoms with van der Waals surface area (Å²) in [6.07, 6.45) is 16.5. The van der Waals surface area contributed by atoms with Crippen molar-refractivity contribution >= 4 is 7.25 Å². The van der Waals surface area contributed by atoms with Crippen LogP contribution < -0.4 is 21.5 Å². The van der Waals surface area contributed by atoms with Gasteiger partial charge in [0.15, 0.2) is 0 Å². The fourth-order valence-corrected chi connectivity index (χ4v) is 2.00. The van der Waals surface area contributed by atoms with Gasteiger partial charge in [-0.2, -0.15) is 0 Å². The largest absolute Gasteiger partial charge is 1.00 e. The number of halogens is 5. The molecule has 0 amide bonds. The SMILES string of the molecule is CCCCc1[nH]cc[n+]1C.CCCCn1cc[n+](C)c1.F[B-](F)(F)F.[Cl-]. The highest BCUT2D eigenvalue weighted by molar-refractivity contribution is 6.50. The Labute approximate surface area is 159 Å². The number of aromatic nitrogens is 4. The van der Waals surface area contributed by atoms with E-state index in [2.05, 4.69) is 58.3 Å². The predicted octanol–water partition coefficient (Wildman–Crippen LogP) is 0.599. The molecule has 0 atom stereocenters. The smallest absolute Gasteiger partial charge is 0.673 e. The number of nitrogens with zero attached hydrogens (tertiary/aromatic N) is 3. The van der Waals surface area contributed by atoms with Gasteiger partial charge in [-0.1, -0.05) is 26.7 Å². The predicted molar refractivity (Wildman–Crippen MR) is 91.3 cm³/mol. The van der Waals surface area contributed by atoms with Crippen LogP contribution in [0.1, 0.15) is 45.4 Å². The van der Waals surface area contributed by atoms with Crippen molar-refractivity contribution < 1.29 is 38.8 Å². The van der Waals surface area contributed by atoms with Crippen molar-refractivity contribution in [3.8, 4) is 0 Å². The molecule has 0 aliphatic rings. The zero-order valence-electron chi connectivity index (χ0n) is 15.9. The maximum absolute atomic E-state index is 9.75. The molecule has 0 saturated heterocycles. The first-order valence-electron chi connectivity index (χ1n) is 8.57. The van der Waals surface area contributed by atoms with E-state index in [-0.39, 0.29) is 12.4 Å². The zero-order chi connectivity index (χ0) is 19.3. The molecule has 2 aromatic rings. The Bertz CT molecular complexity index is 567. The number of hydrogen-bond acceptors (Lipinski definition) is 0. The molecule has 2 rings (SSSR count). The lowest BCUT2D eigenvalue weighted by molar-refractivity contribution is -0.677. The Morgan fingerprint density at radius 2 is 1.62 bits per heavy atom. The maximum atomic E-state index is 9.75. The first-order valence-corrected chi connectivity index (χ1v) is 8.57. The highest BCUT2D eigenvalue weighted by Gasteiger charge is 2.20. The third-order valence-electron chi connectivity index (χ3n) is 3.33. The van der Waals surface area contributed by atoms with Gasteiger partial charge >= 0.3 is 7.25 Å². The Morgan fingerprint density at radius 1 is 1.04 bits per heavy atom. The molecule has 152 valence electrons. The molecule has 4 nitrogen and oxygen atoms in total. The molecule has 0 bridgehead atoms. The molecule has 0 saturated carbocycles.